The topological polar surface area (TPSA) is 0 Å². The maximum atomic E-state index is 4.38. The summed E-state index contributed by atoms with van der Waals surface area (Å²) in [4.78, 5) is 0. The molecule has 104 valence electrons. The van der Waals surface area contributed by atoms with Gasteiger partial charge in [0.2, 0.25) is 0 Å². The lowest BCUT2D eigenvalue weighted by Gasteiger charge is -2.20. The molecule has 0 bridgehead atoms. The lowest BCUT2D eigenvalue weighted by Crippen LogP contribution is -2.04. The van der Waals surface area contributed by atoms with Gasteiger partial charge in [0.25, 0.3) is 0 Å². The van der Waals surface area contributed by atoms with E-state index in [1.165, 1.54) is 36.0 Å². The molecule has 0 heteroatoms. The van der Waals surface area contributed by atoms with Crippen LogP contribution >= 0.6 is 0 Å². The molecule has 0 aliphatic rings. The highest BCUT2D eigenvalue weighted by Crippen LogP contribution is 2.30. The van der Waals surface area contributed by atoms with Crippen molar-refractivity contribution in [2.24, 2.45) is 0 Å². The van der Waals surface area contributed by atoms with Gasteiger partial charge in [-0.25, -0.2) is 0 Å². The van der Waals surface area contributed by atoms with Crippen molar-refractivity contribution in [1.29, 1.82) is 0 Å². The van der Waals surface area contributed by atoms with Crippen LogP contribution in [-0.4, -0.2) is 0 Å². The fraction of sp³-hybridized carbons (Fsp3) is 0.300. The summed E-state index contributed by atoms with van der Waals surface area (Å²) in [5, 5.41) is 0. The minimum absolute atomic E-state index is 0.483. The number of benzene rings is 2. The van der Waals surface area contributed by atoms with Crippen molar-refractivity contribution in [2.45, 2.75) is 38.5 Å². The van der Waals surface area contributed by atoms with E-state index in [4.69, 9.17) is 0 Å². The average Bonchev–Trinajstić information content (AvgIpc) is 2.50. The number of hydrogen-bond donors (Lipinski definition) is 0. The van der Waals surface area contributed by atoms with E-state index in [9.17, 15) is 0 Å². The van der Waals surface area contributed by atoms with Gasteiger partial charge in [-0.3, -0.25) is 0 Å². The molecule has 0 aromatic heterocycles. The molecule has 0 amide bonds. The standard InChI is InChI=1S/C20H24/c1-3-4-15-20(19-13-9-6-10-14-19)17(2)16-18-11-7-5-8-12-18/h5-14,20H,2-4,15-16H2,1H3/t20-/m1/s1. The quantitative estimate of drug-likeness (QED) is 0.558. The zero-order valence-electron chi connectivity index (χ0n) is 12.4. The van der Waals surface area contributed by atoms with E-state index in [0.29, 0.717) is 5.92 Å². The Bertz CT molecular complexity index is 510. The van der Waals surface area contributed by atoms with Gasteiger partial charge in [0.1, 0.15) is 0 Å². The zero-order chi connectivity index (χ0) is 14.2. The van der Waals surface area contributed by atoms with Gasteiger partial charge in [0, 0.05) is 5.92 Å². The van der Waals surface area contributed by atoms with Gasteiger partial charge in [-0.15, -0.1) is 0 Å². The Balaban J connectivity index is 2.12. The predicted molar refractivity (Wildman–Crippen MR) is 88.0 cm³/mol. The minimum atomic E-state index is 0.483. The van der Waals surface area contributed by atoms with Crippen LogP contribution in [0.4, 0.5) is 0 Å². The Morgan fingerprint density at radius 3 is 2.15 bits per heavy atom. The van der Waals surface area contributed by atoms with E-state index in [1.807, 2.05) is 0 Å². The molecule has 0 radical (unpaired) electrons. The highest BCUT2D eigenvalue weighted by atomic mass is 14.2. The van der Waals surface area contributed by atoms with Gasteiger partial charge >= 0.3 is 0 Å². The third-order valence-electron chi connectivity index (χ3n) is 3.82. The van der Waals surface area contributed by atoms with Crippen LogP contribution in [0.15, 0.2) is 72.8 Å². The van der Waals surface area contributed by atoms with E-state index in [0.717, 1.165) is 6.42 Å². The summed E-state index contributed by atoms with van der Waals surface area (Å²) in [6.07, 6.45) is 4.67. The fourth-order valence-electron chi connectivity index (χ4n) is 2.68. The van der Waals surface area contributed by atoms with Crippen LogP contribution in [0.25, 0.3) is 0 Å². The number of rotatable bonds is 7. The molecular formula is C20H24. The largest absolute Gasteiger partial charge is 0.0989 e. The first-order valence-electron chi connectivity index (χ1n) is 7.57. The van der Waals surface area contributed by atoms with Crippen LogP contribution in [0.3, 0.4) is 0 Å². The molecule has 0 nitrogen and oxygen atoms in total. The molecule has 20 heavy (non-hydrogen) atoms. The highest BCUT2D eigenvalue weighted by Gasteiger charge is 2.14. The second kappa shape index (κ2) is 7.69. The third kappa shape index (κ3) is 4.09. The van der Waals surface area contributed by atoms with Crippen molar-refractivity contribution in [3.05, 3.63) is 83.9 Å². The van der Waals surface area contributed by atoms with Gasteiger partial charge in [-0.2, -0.15) is 0 Å². The number of allylic oxidation sites excluding steroid dienone is 1. The smallest absolute Gasteiger partial charge is 0.00487 e. The highest BCUT2D eigenvalue weighted by molar-refractivity contribution is 5.31. The van der Waals surface area contributed by atoms with E-state index in [2.05, 4.69) is 74.2 Å². The maximum absolute atomic E-state index is 4.38. The molecule has 0 aliphatic carbocycles. The number of unbranched alkanes of at least 4 members (excludes halogenated alkanes) is 1. The summed E-state index contributed by atoms with van der Waals surface area (Å²) in [7, 11) is 0. The SMILES string of the molecule is C=C(Cc1ccccc1)[C@@H](CCCC)c1ccccc1. The first-order chi connectivity index (χ1) is 9.81. The molecule has 0 N–H and O–H groups in total. The first-order valence-corrected chi connectivity index (χ1v) is 7.57. The lowest BCUT2D eigenvalue weighted by molar-refractivity contribution is 0.633. The second-order valence-electron chi connectivity index (χ2n) is 5.43. The fourth-order valence-corrected chi connectivity index (χ4v) is 2.68. The second-order valence-corrected chi connectivity index (χ2v) is 5.43. The van der Waals surface area contributed by atoms with Gasteiger partial charge in [-0.1, -0.05) is 92.6 Å². The molecule has 0 saturated heterocycles. The van der Waals surface area contributed by atoms with Gasteiger partial charge < -0.3 is 0 Å². The first kappa shape index (κ1) is 14.6. The van der Waals surface area contributed by atoms with Crippen LogP contribution < -0.4 is 0 Å². The van der Waals surface area contributed by atoms with Crippen LogP contribution in [0.5, 0.6) is 0 Å². The molecule has 0 saturated carbocycles. The molecule has 0 fully saturated rings. The van der Waals surface area contributed by atoms with Crippen LogP contribution in [0.1, 0.15) is 43.2 Å². The van der Waals surface area contributed by atoms with Crippen molar-refractivity contribution in [1.82, 2.24) is 0 Å². The van der Waals surface area contributed by atoms with Crippen LogP contribution in [-0.2, 0) is 6.42 Å². The zero-order valence-corrected chi connectivity index (χ0v) is 12.4. The van der Waals surface area contributed by atoms with Gasteiger partial charge in [0.05, 0.1) is 0 Å². The maximum Gasteiger partial charge on any atom is 0.00487 e. The van der Waals surface area contributed by atoms with Crippen LogP contribution in [0, 0.1) is 0 Å². The molecule has 0 spiro atoms. The average molecular weight is 264 g/mol. The molecule has 1 atom stereocenters. The molecule has 2 rings (SSSR count). The Morgan fingerprint density at radius 2 is 1.55 bits per heavy atom. The minimum Gasteiger partial charge on any atom is -0.0989 e. The van der Waals surface area contributed by atoms with Crippen molar-refractivity contribution in [2.75, 3.05) is 0 Å². The van der Waals surface area contributed by atoms with Gasteiger partial charge in [0.15, 0.2) is 0 Å². The van der Waals surface area contributed by atoms with Crippen LogP contribution in [0.2, 0.25) is 0 Å². The summed E-state index contributed by atoms with van der Waals surface area (Å²) in [6, 6.07) is 21.5. The summed E-state index contributed by atoms with van der Waals surface area (Å²) < 4.78 is 0. The number of hydrogen-bond acceptors (Lipinski definition) is 0. The van der Waals surface area contributed by atoms with E-state index in [-0.39, 0.29) is 0 Å². The Morgan fingerprint density at radius 1 is 0.950 bits per heavy atom. The van der Waals surface area contributed by atoms with Crippen molar-refractivity contribution < 1.29 is 0 Å². The van der Waals surface area contributed by atoms with E-state index < -0.39 is 0 Å². The summed E-state index contributed by atoms with van der Waals surface area (Å²) in [5.41, 5.74) is 4.09. The molecule has 2 aromatic carbocycles. The van der Waals surface area contributed by atoms with Crippen molar-refractivity contribution in [3.8, 4) is 0 Å². The molecular weight excluding hydrogens is 240 g/mol. The molecule has 0 aliphatic heterocycles. The lowest BCUT2D eigenvalue weighted by atomic mass is 9.85. The summed E-state index contributed by atoms with van der Waals surface area (Å²) in [6.45, 7) is 6.63. The molecule has 0 heterocycles. The Hall–Kier alpha value is -1.82. The van der Waals surface area contributed by atoms with Gasteiger partial charge in [-0.05, 0) is 24.0 Å². The van der Waals surface area contributed by atoms with Crippen molar-refractivity contribution >= 4 is 0 Å². The Labute approximate surface area is 123 Å². The predicted octanol–water partition coefficient (Wildman–Crippen LogP) is 5.76. The normalized spacial score (nSPS) is 12.1. The van der Waals surface area contributed by atoms with Crippen molar-refractivity contribution in [3.63, 3.8) is 0 Å². The van der Waals surface area contributed by atoms with E-state index >= 15 is 0 Å². The summed E-state index contributed by atoms with van der Waals surface area (Å²) >= 11 is 0. The Kier molecular flexibility index (Phi) is 5.61. The third-order valence-corrected chi connectivity index (χ3v) is 3.82. The summed E-state index contributed by atoms with van der Waals surface area (Å²) in [5.74, 6) is 0.483. The molecule has 0 unspecified atom stereocenters. The van der Waals surface area contributed by atoms with E-state index in [1.54, 1.807) is 0 Å². The monoisotopic (exact) mass is 264 g/mol. The molecule has 2 aromatic rings.